The van der Waals surface area contributed by atoms with Gasteiger partial charge in [0.05, 0.1) is 17.7 Å². The summed E-state index contributed by atoms with van der Waals surface area (Å²) in [5.74, 6) is 0. The van der Waals surface area contributed by atoms with Gasteiger partial charge in [-0.05, 0) is 24.6 Å². The Morgan fingerprint density at radius 3 is 2.53 bits per heavy atom. The van der Waals surface area contributed by atoms with E-state index in [-0.39, 0.29) is 11.9 Å². The molecular weight excluding hydrogens is 232 g/mol. The number of hydrogen-bond donors (Lipinski definition) is 2. The fraction of sp³-hybridized carbons (Fsp3) is 0.455. The lowest BCUT2D eigenvalue weighted by atomic mass is 10.1. The van der Waals surface area contributed by atoms with Gasteiger partial charge in [-0.15, -0.1) is 11.8 Å². The minimum absolute atomic E-state index is 0.124. The molecule has 0 radical (unpaired) electrons. The summed E-state index contributed by atoms with van der Waals surface area (Å²) in [6, 6.07) is 5.49. The van der Waals surface area contributed by atoms with Crippen LogP contribution in [0.3, 0.4) is 0 Å². The van der Waals surface area contributed by atoms with E-state index < -0.39 is 6.10 Å². The number of aliphatic hydroxyl groups excluding tert-OH is 2. The third-order valence-corrected chi connectivity index (χ3v) is 3.61. The lowest BCUT2D eigenvalue weighted by Crippen LogP contribution is -2.01. The first-order valence-corrected chi connectivity index (χ1v) is 6.05. The number of hydrogen-bond acceptors (Lipinski definition) is 3. The van der Waals surface area contributed by atoms with E-state index in [4.69, 9.17) is 16.7 Å². The number of thioether (sulfide) groups is 1. The summed E-state index contributed by atoms with van der Waals surface area (Å²) in [5.41, 5.74) is 0.806. The van der Waals surface area contributed by atoms with Crippen LogP contribution in [0.2, 0.25) is 5.02 Å². The molecule has 0 aromatic heterocycles. The van der Waals surface area contributed by atoms with Crippen molar-refractivity contribution < 1.29 is 10.2 Å². The van der Waals surface area contributed by atoms with Gasteiger partial charge in [0.1, 0.15) is 0 Å². The molecule has 0 bridgehead atoms. The lowest BCUT2D eigenvalue weighted by Gasteiger charge is -2.11. The SMILES string of the molecule is CC(CO)Sc1ccc([C@@H](C)O)cc1Cl. The smallest absolute Gasteiger partial charge is 0.0762 e. The first kappa shape index (κ1) is 12.8. The van der Waals surface area contributed by atoms with Gasteiger partial charge in [-0.3, -0.25) is 0 Å². The van der Waals surface area contributed by atoms with Crippen molar-refractivity contribution >= 4 is 23.4 Å². The Morgan fingerprint density at radius 1 is 1.40 bits per heavy atom. The van der Waals surface area contributed by atoms with Crippen molar-refractivity contribution in [3.63, 3.8) is 0 Å². The molecule has 0 amide bonds. The molecule has 2 atom stereocenters. The van der Waals surface area contributed by atoms with E-state index in [1.165, 1.54) is 11.8 Å². The van der Waals surface area contributed by atoms with E-state index in [0.717, 1.165) is 10.5 Å². The van der Waals surface area contributed by atoms with Gasteiger partial charge in [0.15, 0.2) is 0 Å². The molecule has 0 heterocycles. The highest BCUT2D eigenvalue weighted by molar-refractivity contribution is 8.00. The molecule has 0 fully saturated rings. The quantitative estimate of drug-likeness (QED) is 0.803. The molecule has 0 aliphatic heterocycles. The summed E-state index contributed by atoms with van der Waals surface area (Å²) < 4.78 is 0. The first-order valence-electron chi connectivity index (χ1n) is 4.79. The molecule has 2 nitrogen and oxygen atoms in total. The minimum atomic E-state index is -0.503. The predicted octanol–water partition coefficient (Wildman–Crippen LogP) is 2.87. The lowest BCUT2D eigenvalue weighted by molar-refractivity contribution is 0.199. The van der Waals surface area contributed by atoms with E-state index in [9.17, 15) is 5.11 Å². The summed E-state index contributed by atoms with van der Waals surface area (Å²) in [6.07, 6.45) is -0.503. The number of benzene rings is 1. The molecule has 0 aliphatic carbocycles. The van der Waals surface area contributed by atoms with Gasteiger partial charge in [0.2, 0.25) is 0 Å². The van der Waals surface area contributed by atoms with Crippen LogP contribution in [-0.4, -0.2) is 22.1 Å². The largest absolute Gasteiger partial charge is 0.395 e. The first-order chi connectivity index (χ1) is 7.04. The van der Waals surface area contributed by atoms with Crippen LogP contribution in [-0.2, 0) is 0 Å². The van der Waals surface area contributed by atoms with E-state index >= 15 is 0 Å². The van der Waals surface area contributed by atoms with Crippen LogP contribution in [0.15, 0.2) is 23.1 Å². The molecule has 1 rings (SSSR count). The maximum absolute atomic E-state index is 9.36. The number of aliphatic hydroxyl groups is 2. The topological polar surface area (TPSA) is 40.5 Å². The van der Waals surface area contributed by atoms with Crippen molar-refractivity contribution in [3.05, 3.63) is 28.8 Å². The van der Waals surface area contributed by atoms with Crippen molar-refractivity contribution in [2.75, 3.05) is 6.61 Å². The number of halogens is 1. The zero-order chi connectivity index (χ0) is 11.4. The summed E-state index contributed by atoms with van der Waals surface area (Å²) in [6.45, 7) is 3.76. The highest BCUT2D eigenvalue weighted by Crippen LogP contribution is 2.32. The Bertz CT molecular complexity index is 328. The summed E-state index contributed by atoms with van der Waals surface area (Å²) >= 11 is 7.59. The van der Waals surface area contributed by atoms with E-state index in [2.05, 4.69) is 0 Å². The highest BCUT2D eigenvalue weighted by atomic mass is 35.5. The summed E-state index contributed by atoms with van der Waals surface area (Å²) in [5, 5.41) is 19.0. The van der Waals surface area contributed by atoms with Crippen LogP contribution in [0.4, 0.5) is 0 Å². The fourth-order valence-electron chi connectivity index (χ4n) is 1.13. The Kier molecular flexibility index (Phi) is 4.93. The second-order valence-electron chi connectivity index (χ2n) is 3.48. The standard InChI is InChI=1S/C11H15ClO2S/c1-7(6-13)15-11-4-3-9(8(2)14)5-10(11)12/h3-5,7-8,13-14H,6H2,1-2H3/t7?,8-/m1/s1. The monoisotopic (exact) mass is 246 g/mol. The maximum atomic E-state index is 9.36. The second-order valence-corrected chi connectivity index (χ2v) is 5.36. The highest BCUT2D eigenvalue weighted by Gasteiger charge is 2.09. The van der Waals surface area contributed by atoms with Crippen LogP contribution in [0.1, 0.15) is 25.5 Å². The summed E-state index contributed by atoms with van der Waals surface area (Å²) in [4.78, 5) is 0.933. The van der Waals surface area contributed by atoms with Crippen molar-refractivity contribution in [2.45, 2.75) is 30.1 Å². The summed E-state index contributed by atoms with van der Waals surface area (Å²) in [7, 11) is 0. The van der Waals surface area contributed by atoms with Crippen LogP contribution in [0.5, 0.6) is 0 Å². The van der Waals surface area contributed by atoms with E-state index in [1.807, 2.05) is 19.1 Å². The van der Waals surface area contributed by atoms with Crippen molar-refractivity contribution in [3.8, 4) is 0 Å². The van der Waals surface area contributed by atoms with Crippen LogP contribution >= 0.6 is 23.4 Å². The third kappa shape index (κ3) is 3.68. The molecule has 1 aromatic carbocycles. The molecular formula is C11H15ClO2S. The average Bonchev–Trinajstić information content (AvgIpc) is 2.20. The normalized spacial score (nSPS) is 15.0. The molecule has 84 valence electrons. The van der Waals surface area contributed by atoms with E-state index in [1.54, 1.807) is 13.0 Å². The molecule has 0 aliphatic rings. The van der Waals surface area contributed by atoms with Crippen LogP contribution in [0, 0.1) is 0 Å². The van der Waals surface area contributed by atoms with Gasteiger partial charge in [0.25, 0.3) is 0 Å². The van der Waals surface area contributed by atoms with Gasteiger partial charge < -0.3 is 10.2 Å². The third-order valence-electron chi connectivity index (χ3n) is 2.02. The van der Waals surface area contributed by atoms with Crippen LogP contribution < -0.4 is 0 Å². The van der Waals surface area contributed by atoms with Crippen molar-refractivity contribution in [2.24, 2.45) is 0 Å². The zero-order valence-electron chi connectivity index (χ0n) is 8.77. The Labute approximate surface area is 99.3 Å². The van der Waals surface area contributed by atoms with Gasteiger partial charge in [-0.1, -0.05) is 24.6 Å². The average molecular weight is 247 g/mol. The van der Waals surface area contributed by atoms with Gasteiger partial charge in [-0.25, -0.2) is 0 Å². The van der Waals surface area contributed by atoms with Gasteiger partial charge in [-0.2, -0.15) is 0 Å². The minimum Gasteiger partial charge on any atom is -0.395 e. The second kappa shape index (κ2) is 5.75. The molecule has 2 N–H and O–H groups in total. The molecule has 1 unspecified atom stereocenters. The molecule has 15 heavy (non-hydrogen) atoms. The molecule has 0 spiro atoms. The zero-order valence-corrected chi connectivity index (χ0v) is 10.3. The Hall–Kier alpha value is -0.220. The van der Waals surface area contributed by atoms with Crippen molar-refractivity contribution in [1.82, 2.24) is 0 Å². The molecule has 4 heteroatoms. The number of rotatable bonds is 4. The van der Waals surface area contributed by atoms with Gasteiger partial charge >= 0.3 is 0 Å². The fourth-order valence-corrected chi connectivity index (χ4v) is 2.28. The van der Waals surface area contributed by atoms with Crippen molar-refractivity contribution in [1.29, 1.82) is 0 Å². The van der Waals surface area contributed by atoms with Crippen LogP contribution in [0.25, 0.3) is 0 Å². The maximum Gasteiger partial charge on any atom is 0.0762 e. The Morgan fingerprint density at radius 2 is 2.07 bits per heavy atom. The Balaban J connectivity index is 2.83. The molecule has 1 aromatic rings. The molecule has 0 saturated heterocycles. The molecule has 0 saturated carbocycles. The predicted molar refractivity (Wildman–Crippen MR) is 64.5 cm³/mol. The van der Waals surface area contributed by atoms with E-state index in [0.29, 0.717) is 5.02 Å². The van der Waals surface area contributed by atoms with Gasteiger partial charge in [0, 0.05) is 10.1 Å².